The molecule has 1 aromatic carbocycles. The molecule has 0 saturated heterocycles. The molecule has 1 atom stereocenters. The number of carbonyl (C=O) groups is 1. The standard InChI is InChI=1S/C11H13FO3S/c1-7(13)8-4-3-5-9(12)11(8)16-6-10(14)15-2/h3-5,7,13H,6H2,1-2H3/t7-/m1/s1. The van der Waals surface area contributed by atoms with Gasteiger partial charge in [0.05, 0.1) is 19.0 Å². The lowest BCUT2D eigenvalue weighted by Crippen LogP contribution is -2.05. The van der Waals surface area contributed by atoms with E-state index < -0.39 is 17.9 Å². The summed E-state index contributed by atoms with van der Waals surface area (Å²) in [6, 6.07) is 4.46. The summed E-state index contributed by atoms with van der Waals surface area (Å²) in [6.07, 6.45) is -0.768. The highest BCUT2D eigenvalue weighted by Crippen LogP contribution is 2.30. The van der Waals surface area contributed by atoms with Crippen LogP contribution in [0.2, 0.25) is 0 Å². The molecule has 0 fully saturated rings. The normalized spacial score (nSPS) is 12.2. The number of rotatable bonds is 4. The second-order valence-electron chi connectivity index (χ2n) is 3.20. The van der Waals surface area contributed by atoms with E-state index in [0.717, 1.165) is 11.8 Å². The number of aliphatic hydroxyl groups excluding tert-OH is 1. The van der Waals surface area contributed by atoms with Crippen LogP contribution in [0.1, 0.15) is 18.6 Å². The first-order valence-electron chi connectivity index (χ1n) is 4.72. The van der Waals surface area contributed by atoms with Crippen molar-refractivity contribution in [2.24, 2.45) is 0 Å². The van der Waals surface area contributed by atoms with Crippen LogP contribution in [0.25, 0.3) is 0 Å². The molecule has 0 unspecified atom stereocenters. The van der Waals surface area contributed by atoms with Gasteiger partial charge in [0.2, 0.25) is 0 Å². The lowest BCUT2D eigenvalue weighted by atomic mass is 10.1. The summed E-state index contributed by atoms with van der Waals surface area (Å²) >= 11 is 1.03. The second kappa shape index (κ2) is 5.86. The number of hydrogen-bond acceptors (Lipinski definition) is 4. The summed E-state index contributed by atoms with van der Waals surface area (Å²) in [7, 11) is 1.28. The molecule has 0 saturated carbocycles. The molecule has 0 aliphatic rings. The number of hydrogen-bond donors (Lipinski definition) is 1. The molecule has 0 radical (unpaired) electrons. The molecule has 0 aliphatic carbocycles. The van der Waals surface area contributed by atoms with Crippen LogP contribution in [0.4, 0.5) is 4.39 Å². The molecule has 88 valence electrons. The van der Waals surface area contributed by atoms with Crippen LogP contribution >= 0.6 is 11.8 Å². The summed E-state index contributed by atoms with van der Waals surface area (Å²) in [6.45, 7) is 1.55. The Morgan fingerprint density at radius 1 is 1.62 bits per heavy atom. The Morgan fingerprint density at radius 3 is 2.88 bits per heavy atom. The third-order valence-electron chi connectivity index (χ3n) is 2.01. The number of thioether (sulfide) groups is 1. The lowest BCUT2D eigenvalue weighted by Gasteiger charge is -2.11. The van der Waals surface area contributed by atoms with E-state index in [1.807, 2.05) is 0 Å². The van der Waals surface area contributed by atoms with Gasteiger partial charge in [0.15, 0.2) is 0 Å². The third-order valence-corrected chi connectivity index (χ3v) is 3.11. The summed E-state index contributed by atoms with van der Waals surface area (Å²) in [4.78, 5) is 11.2. The van der Waals surface area contributed by atoms with E-state index in [1.54, 1.807) is 13.0 Å². The smallest absolute Gasteiger partial charge is 0.315 e. The molecular weight excluding hydrogens is 231 g/mol. The van der Waals surface area contributed by atoms with Crippen LogP contribution in [0.3, 0.4) is 0 Å². The van der Waals surface area contributed by atoms with Crippen LogP contribution in [0, 0.1) is 5.82 Å². The van der Waals surface area contributed by atoms with Crippen molar-refractivity contribution in [1.29, 1.82) is 0 Å². The summed E-state index contributed by atoms with van der Waals surface area (Å²) < 4.78 is 17.9. The zero-order valence-corrected chi connectivity index (χ0v) is 9.88. The van der Waals surface area contributed by atoms with Gasteiger partial charge in [-0.25, -0.2) is 4.39 Å². The van der Waals surface area contributed by atoms with Crippen molar-refractivity contribution in [3.63, 3.8) is 0 Å². The van der Waals surface area contributed by atoms with Crippen molar-refractivity contribution in [2.45, 2.75) is 17.9 Å². The molecular formula is C11H13FO3S. The Bertz CT molecular complexity index is 379. The Morgan fingerprint density at radius 2 is 2.31 bits per heavy atom. The first-order chi connectivity index (χ1) is 7.56. The van der Waals surface area contributed by atoms with Gasteiger partial charge < -0.3 is 9.84 Å². The van der Waals surface area contributed by atoms with Gasteiger partial charge in [-0.3, -0.25) is 4.79 Å². The highest BCUT2D eigenvalue weighted by atomic mass is 32.2. The van der Waals surface area contributed by atoms with Crippen LogP contribution in [-0.2, 0) is 9.53 Å². The molecule has 0 spiro atoms. The van der Waals surface area contributed by atoms with Gasteiger partial charge in [0.1, 0.15) is 5.82 Å². The topological polar surface area (TPSA) is 46.5 Å². The molecule has 0 bridgehead atoms. The quantitative estimate of drug-likeness (QED) is 0.651. The molecule has 5 heteroatoms. The zero-order valence-electron chi connectivity index (χ0n) is 9.07. The maximum absolute atomic E-state index is 13.5. The van der Waals surface area contributed by atoms with Crippen molar-refractivity contribution in [3.8, 4) is 0 Å². The number of esters is 1. The summed E-state index contributed by atoms with van der Waals surface area (Å²) in [5, 5.41) is 9.46. The van der Waals surface area contributed by atoms with E-state index in [2.05, 4.69) is 4.74 Å². The van der Waals surface area contributed by atoms with Gasteiger partial charge >= 0.3 is 5.97 Å². The zero-order chi connectivity index (χ0) is 12.1. The van der Waals surface area contributed by atoms with E-state index in [4.69, 9.17) is 0 Å². The SMILES string of the molecule is COC(=O)CSc1c(F)cccc1[C@@H](C)O. The van der Waals surface area contributed by atoms with E-state index in [9.17, 15) is 14.3 Å². The van der Waals surface area contributed by atoms with Gasteiger partial charge in [-0.1, -0.05) is 12.1 Å². The van der Waals surface area contributed by atoms with E-state index in [1.165, 1.54) is 19.2 Å². The highest BCUT2D eigenvalue weighted by molar-refractivity contribution is 8.00. The fraction of sp³-hybridized carbons (Fsp3) is 0.364. The Kier molecular flexibility index (Phi) is 4.76. The van der Waals surface area contributed by atoms with Crippen LogP contribution in [0.15, 0.2) is 23.1 Å². The molecule has 0 aromatic heterocycles. The largest absolute Gasteiger partial charge is 0.468 e. The number of methoxy groups -OCH3 is 1. The predicted molar refractivity (Wildman–Crippen MR) is 59.8 cm³/mol. The molecule has 1 rings (SSSR count). The van der Waals surface area contributed by atoms with Gasteiger partial charge in [-0.15, -0.1) is 11.8 Å². The maximum atomic E-state index is 13.5. The molecule has 0 aliphatic heterocycles. The molecule has 3 nitrogen and oxygen atoms in total. The predicted octanol–water partition coefficient (Wildman–Crippen LogP) is 2.14. The number of carbonyl (C=O) groups excluding carboxylic acids is 1. The third kappa shape index (κ3) is 3.21. The maximum Gasteiger partial charge on any atom is 0.315 e. The fourth-order valence-corrected chi connectivity index (χ4v) is 2.19. The van der Waals surface area contributed by atoms with Gasteiger partial charge in [0, 0.05) is 4.90 Å². The van der Waals surface area contributed by atoms with Crippen LogP contribution in [0.5, 0.6) is 0 Å². The Hall–Kier alpha value is -1.07. The Labute approximate surface area is 97.6 Å². The average Bonchev–Trinajstić information content (AvgIpc) is 2.26. The monoisotopic (exact) mass is 244 g/mol. The van der Waals surface area contributed by atoms with Crippen LogP contribution in [-0.4, -0.2) is 23.9 Å². The first kappa shape index (κ1) is 13.0. The number of benzene rings is 1. The average molecular weight is 244 g/mol. The molecule has 0 amide bonds. The number of aliphatic hydroxyl groups is 1. The fourth-order valence-electron chi connectivity index (χ4n) is 1.20. The van der Waals surface area contributed by atoms with Crippen molar-refractivity contribution in [1.82, 2.24) is 0 Å². The minimum absolute atomic E-state index is 0.0250. The highest BCUT2D eigenvalue weighted by Gasteiger charge is 2.14. The minimum Gasteiger partial charge on any atom is -0.468 e. The molecule has 1 aromatic rings. The second-order valence-corrected chi connectivity index (χ2v) is 4.18. The first-order valence-corrected chi connectivity index (χ1v) is 5.71. The molecule has 16 heavy (non-hydrogen) atoms. The molecule has 1 N–H and O–H groups in total. The molecule has 0 heterocycles. The lowest BCUT2D eigenvalue weighted by molar-refractivity contribution is -0.137. The number of ether oxygens (including phenoxy) is 1. The van der Waals surface area contributed by atoms with Crippen molar-refractivity contribution in [2.75, 3.05) is 12.9 Å². The minimum atomic E-state index is -0.768. The summed E-state index contributed by atoms with van der Waals surface area (Å²) in [5.74, 6) is -0.839. The van der Waals surface area contributed by atoms with Crippen LogP contribution < -0.4 is 0 Å². The van der Waals surface area contributed by atoms with Crippen molar-refractivity contribution < 1.29 is 19.0 Å². The van der Waals surface area contributed by atoms with Gasteiger partial charge in [-0.2, -0.15) is 0 Å². The summed E-state index contributed by atoms with van der Waals surface area (Å²) in [5.41, 5.74) is 0.480. The Balaban J connectivity index is 2.88. The van der Waals surface area contributed by atoms with Crippen molar-refractivity contribution in [3.05, 3.63) is 29.6 Å². The van der Waals surface area contributed by atoms with Crippen molar-refractivity contribution >= 4 is 17.7 Å². The van der Waals surface area contributed by atoms with E-state index in [-0.39, 0.29) is 5.75 Å². The van der Waals surface area contributed by atoms with Gasteiger partial charge in [0.25, 0.3) is 0 Å². The number of halogens is 1. The van der Waals surface area contributed by atoms with Gasteiger partial charge in [-0.05, 0) is 18.6 Å². The van der Waals surface area contributed by atoms with E-state index >= 15 is 0 Å². The van der Waals surface area contributed by atoms with E-state index in [0.29, 0.717) is 10.5 Å².